The number of aryl methyl sites for hydroxylation is 2. The molecule has 186 valence electrons. The lowest BCUT2D eigenvalue weighted by Gasteiger charge is -2.04. The molecular weight excluding hydrogens is 523 g/mol. The van der Waals surface area contributed by atoms with E-state index in [1.54, 1.807) is 34.8 Å². The van der Waals surface area contributed by atoms with Gasteiger partial charge in [-0.15, -0.1) is 22.7 Å². The van der Waals surface area contributed by atoms with E-state index in [0.29, 0.717) is 11.1 Å². The second-order valence-electron chi connectivity index (χ2n) is 8.42. The van der Waals surface area contributed by atoms with E-state index in [4.69, 9.17) is 0 Å². The Bertz CT molecular complexity index is 1590. The van der Waals surface area contributed by atoms with E-state index in [1.165, 1.54) is 11.7 Å². The highest BCUT2D eigenvalue weighted by atomic mass is 32.1. The minimum atomic E-state index is -0.215. The van der Waals surface area contributed by atoms with Crippen molar-refractivity contribution in [2.45, 2.75) is 27.7 Å². The Morgan fingerprint density at radius 3 is 1.24 bits per heavy atom. The molecule has 0 bridgehead atoms. The molecule has 0 aliphatic carbocycles. The van der Waals surface area contributed by atoms with Crippen LogP contribution in [0.4, 0.5) is 8.78 Å². The first-order chi connectivity index (χ1) is 18.0. The first-order valence-electron chi connectivity index (χ1n) is 12.0. The average Bonchev–Trinajstić information content (AvgIpc) is 3.66. The molecule has 0 aliphatic heterocycles. The van der Waals surface area contributed by atoms with Crippen LogP contribution in [0.15, 0.2) is 72.8 Å². The fraction of sp³-hybridized carbons (Fsp3) is 0.133. The normalized spacial score (nSPS) is 11.0. The zero-order valence-corrected chi connectivity index (χ0v) is 23.3. The second kappa shape index (κ2) is 10.6. The van der Waals surface area contributed by atoms with Crippen LogP contribution in [0.2, 0.25) is 0 Å². The summed E-state index contributed by atoms with van der Waals surface area (Å²) >= 11 is 4.26. The minimum Gasteiger partial charge on any atom is -0.206 e. The summed E-state index contributed by atoms with van der Waals surface area (Å²) in [5, 5.41) is 0. The molecule has 2 nitrogen and oxygen atoms in total. The van der Waals surface area contributed by atoms with Crippen LogP contribution in [-0.4, -0.2) is 8.75 Å². The lowest BCUT2D eigenvalue weighted by Crippen LogP contribution is -1.83. The Labute approximate surface area is 227 Å². The van der Waals surface area contributed by atoms with Crippen molar-refractivity contribution in [3.63, 3.8) is 0 Å². The maximum absolute atomic E-state index is 14.5. The van der Waals surface area contributed by atoms with E-state index >= 15 is 0 Å². The average molecular weight is 547 g/mol. The van der Waals surface area contributed by atoms with Gasteiger partial charge in [0.05, 0.1) is 11.7 Å². The largest absolute Gasteiger partial charge is 0.206 e. The van der Waals surface area contributed by atoms with Gasteiger partial charge in [0.1, 0.15) is 22.7 Å². The molecule has 0 atom stereocenters. The molecule has 7 heteroatoms. The maximum atomic E-state index is 14.5. The third-order valence-corrected chi connectivity index (χ3v) is 8.77. The van der Waals surface area contributed by atoms with Crippen molar-refractivity contribution < 1.29 is 8.78 Å². The molecule has 0 N–H and O–H groups in total. The van der Waals surface area contributed by atoms with Crippen molar-refractivity contribution in [2.24, 2.45) is 0 Å². The Morgan fingerprint density at radius 2 is 0.865 bits per heavy atom. The first kappa shape index (κ1) is 25.4. The second-order valence-corrected chi connectivity index (χ2v) is 11.1. The van der Waals surface area contributed by atoms with Crippen molar-refractivity contribution >= 4 is 45.4 Å². The molecular formula is C30H24F2N2S3. The zero-order chi connectivity index (χ0) is 26.1. The fourth-order valence-corrected chi connectivity index (χ4v) is 6.85. The highest BCUT2D eigenvalue weighted by Crippen LogP contribution is 2.43. The Morgan fingerprint density at radius 1 is 0.514 bits per heavy atom. The van der Waals surface area contributed by atoms with Crippen molar-refractivity contribution in [1.29, 1.82) is 0 Å². The van der Waals surface area contributed by atoms with Crippen LogP contribution in [0, 0.1) is 25.5 Å². The predicted octanol–water partition coefficient (Wildman–Crippen LogP) is 10.4. The van der Waals surface area contributed by atoms with Gasteiger partial charge in [0.2, 0.25) is 0 Å². The van der Waals surface area contributed by atoms with E-state index in [9.17, 15) is 8.78 Å². The van der Waals surface area contributed by atoms with Gasteiger partial charge in [0, 0.05) is 41.8 Å². The number of hydrogen-bond donors (Lipinski definition) is 0. The highest BCUT2D eigenvalue weighted by molar-refractivity contribution is 7.19. The van der Waals surface area contributed by atoms with Gasteiger partial charge in [-0.2, -0.15) is 8.75 Å². The van der Waals surface area contributed by atoms with E-state index < -0.39 is 0 Å². The van der Waals surface area contributed by atoms with Crippen LogP contribution in [0.25, 0.3) is 52.8 Å². The third-order valence-electron chi connectivity index (χ3n) is 5.94. The van der Waals surface area contributed by atoms with Crippen molar-refractivity contribution in [3.8, 4) is 41.8 Å². The number of thiophene rings is 2. The van der Waals surface area contributed by atoms with Gasteiger partial charge in [-0.3, -0.25) is 0 Å². The highest BCUT2D eigenvalue weighted by Gasteiger charge is 2.18. The van der Waals surface area contributed by atoms with Crippen LogP contribution >= 0.6 is 34.4 Å². The van der Waals surface area contributed by atoms with E-state index in [0.717, 1.165) is 52.8 Å². The molecule has 0 saturated carbocycles. The number of halogens is 2. The lowest BCUT2D eigenvalue weighted by molar-refractivity contribution is 0.630. The Hall–Kier alpha value is -3.26. The SMILES string of the molecule is CC.Cc1ccc(-c2ccc(-c3ccc(-c4ccc(-c5ccc(C)cc5F)s4)c4nsnc34)s2)c(F)c1. The number of aromatic nitrogens is 2. The molecule has 3 aromatic heterocycles. The number of rotatable bonds is 4. The molecule has 6 aromatic rings. The number of hydrogen-bond acceptors (Lipinski definition) is 5. The third kappa shape index (κ3) is 4.87. The summed E-state index contributed by atoms with van der Waals surface area (Å²) in [5.41, 5.74) is 6.59. The van der Waals surface area contributed by atoms with Crippen LogP contribution < -0.4 is 0 Å². The zero-order valence-electron chi connectivity index (χ0n) is 20.8. The smallest absolute Gasteiger partial charge is 0.132 e. The molecule has 3 heterocycles. The van der Waals surface area contributed by atoms with E-state index in [1.807, 2.05) is 88.4 Å². The quantitative estimate of drug-likeness (QED) is 0.220. The van der Waals surface area contributed by atoms with Crippen LogP contribution in [0.5, 0.6) is 0 Å². The molecule has 3 aromatic carbocycles. The molecule has 37 heavy (non-hydrogen) atoms. The molecule has 6 rings (SSSR count). The maximum Gasteiger partial charge on any atom is 0.132 e. The van der Waals surface area contributed by atoms with Gasteiger partial charge < -0.3 is 0 Å². The van der Waals surface area contributed by atoms with Gasteiger partial charge >= 0.3 is 0 Å². The molecule has 0 spiro atoms. The summed E-state index contributed by atoms with van der Waals surface area (Å²) in [6, 6.07) is 22.6. The van der Waals surface area contributed by atoms with E-state index in [-0.39, 0.29) is 11.6 Å². The number of nitrogens with zero attached hydrogens (tertiary/aromatic N) is 2. The van der Waals surface area contributed by atoms with Crippen molar-refractivity contribution in [3.05, 3.63) is 95.6 Å². The summed E-state index contributed by atoms with van der Waals surface area (Å²) in [6.45, 7) is 7.77. The van der Waals surface area contributed by atoms with Crippen molar-refractivity contribution in [2.75, 3.05) is 0 Å². The van der Waals surface area contributed by atoms with Crippen LogP contribution in [-0.2, 0) is 0 Å². The van der Waals surface area contributed by atoms with E-state index in [2.05, 4.69) is 8.75 Å². The van der Waals surface area contributed by atoms with Gasteiger partial charge in [-0.05, 0) is 61.4 Å². The summed E-state index contributed by atoms with van der Waals surface area (Å²) in [5.74, 6) is -0.430. The Balaban J connectivity index is 0.00000137. The molecule has 0 saturated heterocycles. The van der Waals surface area contributed by atoms with Crippen molar-refractivity contribution in [1.82, 2.24) is 8.75 Å². The van der Waals surface area contributed by atoms with Gasteiger partial charge in [-0.25, -0.2) is 8.78 Å². The Kier molecular flexibility index (Phi) is 7.29. The predicted molar refractivity (Wildman–Crippen MR) is 156 cm³/mol. The summed E-state index contributed by atoms with van der Waals surface area (Å²) in [6.07, 6.45) is 0. The molecule has 0 fully saturated rings. The molecule has 0 aliphatic rings. The standard InChI is InChI=1S/C28H18F2N2S3.C2H6/c1-15-3-5-17(21(29)13-15)23-9-11-25(33-23)19-7-8-20(28-27(19)31-35-32-28)26-12-10-24(34-26)18-6-4-16(2)14-22(18)30;1-2/h3-14H,1-2H3;1-2H3. The number of benzene rings is 3. The lowest BCUT2D eigenvalue weighted by atomic mass is 10.1. The minimum absolute atomic E-state index is 0.215. The van der Waals surface area contributed by atoms with Gasteiger partial charge in [0.15, 0.2) is 0 Å². The first-order valence-corrected chi connectivity index (χ1v) is 14.3. The monoisotopic (exact) mass is 546 g/mol. The molecule has 0 radical (unpaired) electrons. The summed E-state index contributed by atoms with van der Waals surface area (Å²) < 4.78 is 38.2. The van der Waals surface area contributed by atoms with Crippen LogP contribution in [0.3, 0.4) is 0 Å². The number of fused-ring (bicyclic) bond motifs is 1. The molecule has 0 unspecified atom stereocenters. The summed E-state index contributed by atoms with van der Waals surface area (Å²) in [7, 11) is 0. The molecule has 0 amide bonds. The van der Waals surface area contributed by atoms with Crippen LogP contribution in [0.1, 0.15) is 25.0 Å². The van der Waals surface area contributed by atoms with Gasteiger partial charge in [-0.1, -0.05) is 50.2 Å². The summed E-state index contributed by atoms with van der Waals surface area (Å²) in [4.78, 5) is 3.78. The fourth-order valence-electron chi connectivity index (χ4n) is 4.16. The van der Waals surface area contributed by atoms with Gasteiger partial charge in [0.25, 0.3) is 0 Å². The topological polar surface area (TPSA) is 25.8 Å².